The lowest BCUT2D eigenvalue weighted by molar-refractivity contribution is -0.00869. The van der Waals surface area contributed by atoms with Crippen molar-refractivity contribution in [1.29, 1.82) is 0 Å². The van der Waals surface area contributed by atoms with Crippen molar-refractivity contribution in [2.24, 2.45) is 11.1 Å². The molecule has 12 heavy (non-hydrogen) atoms. The average Bonchev–Trinajstić information content (AvgIpc) is 1.81. The van der Waals surface area contributed by atoms with E-state index in [0.29, 0.717) is 5.41 Å². The molecule has 0 aromatic rings. The highest BCUT2D eigenvalue weighted by molar-refractivity contribution is 5.05. The van der Waals surface area contributed by atoms with Gasteiger partial charge >= 0.3 is 0 Å². The maximum atomic E-state index is 5.75. The van der Waals surface area contributed by atoms with E-state index in [2.05, 4.69) is 19.3 Å². The standard InChI is InChI=1S/C9H21N3/c1-8(2)5-9(6-8,7-10)11-12(3)4/h11H,5-7,10H2,1-4H3. The number of hydrogen-bond acceptors (Lipinski definition) is 3. The van der Waals surface area contributed by atoms with Crippen LogP contribution >= 0.6 is 0 Å². The molecule has 3 heteroatoms. The monoisotopic (exact) mass is 171 g/mol. The number of rotatable bonds is 3. The molecule has 0 amide bonds. The number of hydrazine groups is 1. The molecule has 0 heterocycles. The molecule has 0 unspecified atom stereocenters. The van der Waals surface area contributed by atoms with Crippen LogP contribution in [-0.4, -0.2) is 31.2 Å². The average molecular weight is 171 g/mol. The van der Waals surface area contributed by atoms with Crippen LogP contribution in [0.15, 0.2) is 0 Å². The number of nitrogens with one attached hydrogen (secondary N) is 1. The zero-order valence-corrected chi connectivity index (χ0v) is 8.65. The largest absolute Gasteiger partial charge is 0.329 e. The minimum absolute atomic E-state index is 0.174. The van der Waals surface area contributed by atoms with Crippen LogP contribution in [0.25, 0.3) is 0 Å². The maximum Gasteiger partial charge on any atom is 0.0458 e. The van der Waals surface area contributed by atoms with Gasteiger partial charge in [-0.25, -0.2) is 5.43 Å². The van der Waals surface area contributed by atoms with E-state index in [1.165, 1.54) is 12.8 Å². The first kappa shape index (κ1) is 9.96. The van der Waals surface area contributed by atoms with Crippen molar-refractivity contribution in [3.63, 3.8) is 0 Å². The van der Waals surface area contributed by atoms with Crippen molar-refractivity contribution >= 4 is 0 Å². The molecule has 3 N–H and O–H groups in total. The van der Waals surface area contributed by atoms with Gasteiger partial charge in [0.15, 0.2) is 0 Å². The number of nitrogens with two attached hydrogens (primary N) is 1. The fourth-order valence-electron chi connectivity index (χ4n) is 2.52. The minimum atomic E-state index is 0.174. The molecule has 1 fully saturated rings. The van der Waals surface area contributed by atoms with E-state index in [-0.39, 0.29) is 5.54 Å². The van der Waals surface area contributed by atoms with Gasteiger partial charge in [-0.3, -0.25) is 5.01 Å². The van der Waals surface area contributed by atoms with Crippen molar-refractivity contribution in [2.45, 2.75) is 32.2 Å². The molecule has 0 spiro atoms. The lowest BCUT2D eigenvalue weighted by Crippen LogP contribution is -2.65. The Bertz CT molecular complexity index is 150. The second kappa shape index (κ2) is 2.98. The Morgan fingerprint density at radius 2 is 1.83 bits per heavy atom. The van der Waals surface area contributed by atoms with E-state index >= 15 is 0 Å². The van der Waals surface area contributed by atoms with E-state index < -0.39 is 0 Å². The van der Waals surface area contributed by atoms with E-state index in [4.69, 9.17) is 5.73 Å². The molecule has 72 valence electrons. The number of hydrogen-bond donors (Lipinski definition) is 2. The van der Waals surface area contributed by atoms with Gasteiger partial charge < -0.3 is 5.73 Å². The molecular formula is C9H21N3. The molecule has 0 radical (unpaired) electrons. The molecule has 0 atom stereocenters. The predicted molar refractivity (Wildman–Crippen MR) is 51.6 cm³/mol. The fraction of sp³-hybridized carbons (Fsp3) is 1.00. The third-order valence-corrected chi connectivity index (χ3v) is 2.49. The van der Waals surface area contributed by atoms with E-state index in [1.807, 2.05) is 19.1 Å². The normalized spacial score (nSPS) is 25.5. The minimum Gasteiger partial charge on any atom is -0.329 e. The van der Waals surface area contributed by atoms with Crippen molar-refractivity contribution in [1.82, 2.24) is 10.4 Å². The second-order valence-electron chi connectivity index (χ2n) is 5.01. The van der Waals surface area contributed by atoms with Crippen molar-refractivity contribution in [3.8, 4) is 0 Å². The van der Waals surface area contributed by atoms with Crippen molar-refractivity contribution in [3.05, 3.63) is 0 Å². The Balaban J connectivity index is 2.47. The Kier molecular flexibility index (Phi) is 2.47. The third-order valence-electron chi connectivity index (χ3n) is 2.49. The highest BCUT2D eigenvalue weighted by atomic mass is 15.5. The first-order chi connectivity index (χ1) is 5.39. The molecule has 3 nitrogen and oxygen atoms in total. The first-order valence-corrected chi connectivity index (χ1v) is 4.54. The Morgan fingerprint density at radius 3 is 2.08 bits per heavy atom. The molecule has 0 aliphatic heterocycles. The molecule has 1 saturated carbocycles. The summed E-state index contributed by atoms with van der Waals surface area (Å²) in [5.74, 6) is 0. The van der Waals surface area contributed by atoms with Gasteiger partial charge in [0.05, 0.1) is 0 Å². The van der Waals surface area contributed by atoms with Gasteiger partial charge in [-0.1, -0.05) is 13.8 Å². The topological polar surface area (TPSA) is 41.3 Å². The fourth-order valence-corrected chi connectivity index (χ4v) is 2.52. The molecule has 1 aliphatic carbocycles. The van der Waals surface area contributed by atoms with Gasteiger partial charge in [0.25, 0.3) is 0 Å². The summed E-state index contributed by atoms with van der Waals surface area (Å²) < 4.78 is 0. The quantitative estimate of drug-likeness (QED) is 0.610. The summed E-state index contributed by atoms with van der Waals surface area (Å²) in [7, 11) is 4.03. The first-order valence-electron chi connectivity index (χ1n) is 4.54. The third kappa shape index (κ3) is 1.97. The number of nitrogens with zero attached hydrogens (tertiary/aromatic N) is 1. The van der Waals surface area contributed by atoms with Gasteiger partial charge in [-0.05, 0) is 18.3 Å². The van der Waals surface area contributed by atoms with Crippen LogP contribution in [0, 0.1) is 5.41 Å². The lowest BCUT2D eigenvalue weighted by atomic mass is 9.59. The van der Waals surface area contributed by atoms with Crippen LogP contribution in [0.2, 0.25) is 0 Å². The van der Waals surface area contributed by atoms with E-state index in [9.17, 15) is 0 Å². The summed E-state index contributed by atoms with van der Waals surface area (Å²) in [6, 6.07) is 0. The van der Waals surface area contributed by atoms with Crippen LogP contribution in [0.3, 0.4) is 0 Å². The Hall–Kier alpha value is -0.120. The zero-order valence-electron chi connectivity index (χ0n) is 8.65. The maximum absolute atomic E-state index is 5.75. The van der Waals surface area contributed by atoms with Gasteiger partial charge in [-0.15, -0.1) is 0 Å². The molecule has 0 saturated heterocycles. The van der Waals surface area contributed by atoms with Crippen LogP contribution in [-0.2, 0) is 0 Å². The lowest BCUT2D eigenvalue weighted by Gasteiger charge is -2.54. The summed E-state index contributed by atoms with van der Waals surface area (Å²) in [4.78, 5) is 0. The SMILES string of the molecule is CN(C)NC1(CN)CC(C)(C)C1. The van der Waals surface area contributed by atoms with Gasteiger partial charge in [0.2, 0.25) is 0 Å². The van der Waals surface area contributed by atoms with Crippen LogP contribution < -0.4 is 11.2 Å². The Labute approximate surface area is 75.3 Å². The van der Waals surface area contributed by atoms with Gasteiger partial charge in [0, 0.05) is 26.2 Å². The van der Waals surface area contributed by atoms with Crippen LogP contribution in [0.4, 0.5) is 0 Å². The summed E-state index contributed by atoms with van der Waals surface area (Å²) in [6.07, 6.45) is 2.35. The second-order valence-corrected chi connectivity index (χ2v) is 5.01. The molecular weight excluding hydrogens is 150 g/mol. The zero-order chi connectivity index (χ0) is 9.41. The highest BCUT2D eigenvalue weighted by Crippen LogP contribution is 2.47. The van der Waals surface area contributed by atoms with E-state index in [0.717, 1.165) is 6.54 Å². The van der Waals surface area contributed by atoms with Crippen LogP contribution in [0.5, 0.6) is 0 Å². The summed E-state index contributed by atoms with van der Waals surface area (Å²) in [6.45, 7) is 5.31. The van der Waals surface area contributed by atoms with Gasteiger partial charge in [-0.2, -0.15) is 0 Å². The molecule has 0 bridgehead atoms. The van der Waals surface area contributed by atoms with Crippen LogP contribution in [0.1, 0.15) is 26.7 Å². The summed E-state index contributed by atoms with van der Waals surface area (Å²) in [5.41, 5.74) is 9.80. The molecule has 1 rings (SSSR count). The molecule has 0 aromatic heterocycles. The molecule has 0 aromatic carbocycles. The summed E-state index contributed by atoms with van der Waals surface area (Å²) >= 11 is 0. The van der Waals surface area contributed by atoms with Crippen molar-refractivity contribution in [2.75, 3.05) is 20.6 Å². The van der Waals surface area contributed by atoms with Gasteiger partial charge in [0.1, 0.15) is 0 Å². The molecule has 1 aliphatic rings. The summed E-state index contributed by atoms with van der Waals surface area (Å²) in [5, 5.41) is 2.00. The van der Waals surface area contributed by atoms with Crippen molar-refractivity contribution < 1.29 is 0 Å². The predicted octanol–water partition coefficient (Wildman–Crippen LogP) is 0.570. The smallest absolute Gasteiger partial charge is 0.0458 e. The van der Waals surface area contributed by atoms with E-state index in [1.54, 1.807) is 0 Å². The highest BCUT2D eigenvalue weighted by Gasteiger charge is 2.48. The Morgan fingerprint density at radius 1 is 1.33 bits per heavy atom.